The van der Waals surface area contributed by atoms with Crippen molar-refractivity contribution in [2.45, 2.75) is 31.7 Å². The summed E-state index contributed by atoms with van der Waals surface area (Å²) >= 11 is 0. The van der Waals surface area contributed by atoms with Crippen molar-refractivity contribution in [1.29, 1.82) is 0 Å². The van der Waals surface area contributed by atoms with Crippen LogP contribution in [0.5, 0.6) is 11.5 Å². The summed E-state index contributed by atoms with van der Waals surface area (Å²) in [6.07, 6.45) is 4.96. The van der Waals surface area contributed by atoms with Crippen LogP contribution in [-0.4, -0.2) is 63.3 Å². The molecule has 0 bridgehead atoms. The van der Waals surface area contributed by atoms with Gasteiger partial charge in [-0.15, -0.1) is 0 Å². The van der Waals surface area contributed by atoms with Crippen LogP contribution in [0.15, 0.2) is 24.3 Å². The van der Waals surface area contributed by atoms with Gasteiger partial charge in [-0.3, -0.25) is 0 Å². The third kappa shape index (κ3) is 5.18. The second-order valence-corrected chi connectivity index (χ2v) is 6.24. The number of rotatable bonds is 7. The lowest BCUT2D eigenvalue weighted by Crippen LogP contribution is -2.30. The van der Waals surface area contributed by atoms with E-state index in [1.165, 1.54) is 32.4 Å². The second-order valence-electron chi connectivity index (χ2n) is 6.24. The highest BCUT2D eigenvalue weighted by molar-refractivity contribution is 5.39. The average molecular weight is 306 g/mol. The minimum absolute atomic E-state index is 0.744. The summed E-state index contributed by atoms with van der Waals surface area (Å²) in [6.45, 7) is 4.29. The summed E-state index contributed by atoms with van der Waals surface area (Å²) in [5.74, 6) is 1.65. The Morgan fingerprint density at radius 1 is 1.14 bits per heavy atom. The molecule has 1 aromatic rings. The van der Waals surface area contributed by atoms with Crippen LogP contribution in [0.1, 0.15) is 25.7 Å². The molecular formula is C18H30N2O2. The molecule has 0 aliphatic carbocycles. The van der Waals surface area contributed by atoms with E-state index in [-0.39, 0.29) is 0 Å². The molecule has 1 fully saturated rings. The lowest BCUT2D eigenvalue weighted by Gasteiger charge is -2.23. The van der Waals surface area contributed by atoms with Crippen LogP contribution >= 0.6 is 0 Å². The third-order valence-corrected chi connectivity index (χ3v) is 4.47. The van der Waals surface area contributed by atoms with Crippen LogP contribution in [0.2, 0.25) is 0 Å². The highest BCUT2D eigenvalue weighted by atomic mass is 16.5. The topological polar surface area (TPSA) is 24.9 Å². The summed E-state index contributed by atoms with van der Waals surface area (Å²) in [6, 6.07) is 8.59. The molecule has 4 nitrogen and oxygen atoms in total. The van der Waals surface area contributed by atoms with Crippen LogP contribution < -0.4 is 9.47 Å². The van der Waals surface area contributed by atoms with Crippen molar-refractivity contribution < 1.29 is 9.47 Å². The van der Waals surface area contributed by atoms with Gasteiger partial charge in [0.2, 0.25) is 0 Å². The van der Waals surface area contributed by atoms with E-state index in [1.807, 2.05) is 24.3 Å². The second kappa shape index (κ2) is 9.01. The number of hydrogen-bond acceptors (Lipinski definition) is 4. The molecule has 0 amide bonds. The molecule has 1 saturated heterocycles. The van der Waals surface area contributed by atoms with E-state index in [0.29, 0.717) is 0 Å². The van der Waals surface area contributed by atoms with Gasteiger partial charge in [-0.25, -0.2) is 0 Å². The van der Waals surface area contributed by atoms with Crippen molar-refractivity contribution in [2.24, 2.45) is 0 Å². The molecule has 2 rings (SSSR count). The smallest absolute Gasteiger partial charge is 0.161 e. The van der Waals surface area contributed by atoms with Crippen LogP contribution in [0.3, 0.4) is 0 Å². The lowest BCUT2D eigenvalue weighted by molar-refractivity contribution is 0.225. The van der Waals surface area contributed by atoms with E-state index >= 15 is 0 Å². The maximum absolute atomic E-state index is 5.85. The van der Waals surface area contributed by atoms with Gasteiger partial charge in [0.05, 0.1) is 13.7 Å². The highest BCUT2D eigenvalue weighted by Gasteiger charge is 2.17. The van der Waals surface area contributed by atoms with Crippen molar-refractivity contribution >= 4 is 0 Å². The Balaban J connectivity index is 1.68. The maximum Gasteiger partial charge on any atom is 0.161 e. The maximum atomic E-state index is 5.85. The number of methoxy groups -OCH3 is 1. The Labute approximate surface area is 135 Å². The van der Waals surface area contributed by atoms with Gasteiger partial charge in [0.25, 0.3) is 0 Å². The minimum atomic E-state index is 0.744. The van der Waals surface area contributed by atoms with E-state index in [4.69, 9.17) is 9.47 Å². The molecule has 0 saturated carbocycles. The number of benzene rings is 1. The fourth-order valence-electron chi connectivity index (χ4n) is 3.09. The first-order valence-electron chi connectivity index (χ1n) is 8.35. The molecule has 22 heavy (non-hydrogen) atoms. The number of nitrogens with zero attached hydrogens (tertiary/aromatic N) is 2. The molecule has 124 valence electrons. The van der Waals surface area contributed by atoms with Gasteiger partial charge in [-0.05, 0) is 65.0 Å². The normalized spacial score (nSPS) is 19.9. The quantitative estimate of drug-likeness (QED) is 0.723. The molecule has 1 aliphatic rings. The predicted octanol–water partition coefficient (Wildman–Crippen LogP) is 2.88. The fraction of sp³-hybridized carbons (Fsp3) is 0.667. The number of likely N-dealkylation sites (tertiary alicyclic amines) is 1. The van der Waals surface area contributed by atoms with Crippen molar-refractivity contribution in [1.82, 2.24) is 9.80 Å². The molecule has 0 spiro atoms. The van der Waals surface area contributed by atoms with Gasteiger partial charge in [0.1, 0.15) is 0 Å². The Morgan fingerprint density at radius 3 is 2.64 bits per heavy atom. The van der Waals surface area contributed by atoms with Gasteiger partial charge in [0.15, 0.2) is 11.5 Å². The first kappa shape index (κ1) is 17.1. The zero-order chi connectivity index (χ0) is 15.8. The number of para-hydroxylation sites is 2. The first-order chi connectivity index (χ1) is 10.7. The SMILES string of the molecule is COc1ccccc1OCCCN1CCC[C@H](N(C)C)CC1. The molecule has 1 heterocycles. The summed E-state index contributed by atoms with van der Waals surface area (Å²) in [7, 11) is 6.07. The average Bonchev–Trinajstić information content (AvgIpc) is 2.77. The summed E-state index contributed by atoms with van der Waals surface area (Å²) < 4.78 is 11.2. The van der Waals surface area contributed by atoms with Crippen molar-refractivity contribution in [2.75, 3.05) is 47.4 Å². The first-order valence-corrected chi connectivity index (χ1v) is 8.35. The van der Waals surface area contributed by atoms with Gasteiger partial charge >= 0.3 is 0 Å². The molecule has 0 N–H and O–H groups in total. The summed E-state index contributed by atoms with van der Waals surface area (Å²) in [5.41, 5.74) is 0. The van der Waals surface area contributed by atoms with E-state index in [2.05, 4.69) is 23.9 Å². The third-order valence-electron chi connectivity index (χ3n) is 4.47. The summed E-state index contributed by atoms with van der Waals surface area (Å²) in [4.78, 5) is 4.95. The standard InChI is InChI=1S/C18H30N2O2/c1-19(2)16-8-6-12-20(14-11-16)13-7-15-22-18-10-5-4-9-17(18)21-3/h4-5,9-10,16H,6-8,11-15H2,1-3H3/t16-/m0/s1. The Hall–Kier alpha value is -1.26. The van der Waals surface area contributed by atoms with Crippen molar-refractivity contribution in [3.63, 3.8) is 0 Å². The zero-order valence-corrected chi connectivity index (χ0v) is 14.3. The zero-order valence-electron chi connectivity index (χ0n) is 14.3. The monoisotopic (exact) mass is 306 g/mol. The largest absolute Gasteiger partial charge is 0.493 e. The molecule has 1 aromatic carbocycles. The van der Waals surface area contributed by atoms with Crippen LogP contribution in [0.4, 0.5) is 0 Å². The predicted molar refractivity (Wildman–Crippen MR) is 90.9 cm³/mol. The molecule has 4 heteroatoms. The van der Waals surface area contributed by atoms with Crippen LogP contribution in [0, 0.1) is 0 Å². The molecule has 1 aliphatic heterocycles. The van der Waals surface area contributed by atoms with Crippen LogP contribution in [0.25, 0.3) is 0 Å². The van der Waals surface area contributed by atoms with Gasteiger partial charge < -0.3 is 19.3 Å². The van der Waals surface area contributed by atoms with E-state index in [9.17, 15) is 0 Å². The van der Waals surface area contributed by atoms with Crippen molar-refractivity contribution in [3.05, 3.63) is 24.3 Å². The van der Waals surface area contributed by atoms with E-state index < -0.39 is 0 Å². The Morgan fingerprint density at radius 2 is 1.91 bits per heavy atom. The molecule has 0 unspecified atom stereocenters. The van der Waals surface area contributed by atoms with Crippen LogP contribution in [-0.2, 0) is 0 Å². The number of ether oxygens (including phenoxy) is 2. The minimum Gasteiger partial charge on any atom is -0.493 e. The summed E-state index contributed by atoms with van der Waals surface area (Å²) in [5, 5.41) is 0. The van der Waals surface area contributed by atoms with Gasteiger partial charge in [0, 0.05) is 12.6 Å². The van der Waals surface area contributed by atoms with E-state index in [0.717, 1.165) is 37.1 Å². The molecule has 1 atom stereocenters. The molecule has 0 aromatic heterocycles. The highest BCUT2D eigenvalue weighted by Crippen LogP contribution is 2.25. The number of hydrogen-bond donors (Lipinski definition) is 0. The lowest BCUT2D eigenvalue weighted by atomic mass is 10.1. The Kier molecular flexibility index (Phi) is 7.00. The van der Waals surface area contributed by atoms with Gasteiger partial charge in [-0.2, -0.15) is 0 Å². The van der Waals surface area contributed by atoms with E-state index in [1.54, 1.807) is 7.11 Å². The van der Waals surface area contributed by atoms with Gasteiger partial charge in [-0.1, -0.05) is 12.1 Å². The Bertz CT molecular complexity index is 437. The van der Waals surface area contributed by atoms with Crippen molar-refractivity contribution in [3.8, 4) is 11.5 Å². The fourth-order valence-corrected chi connectivity index (χ4v) is 3.09. The molecular weight excluding hydrogens is 276 g/mol. The molecule has 0 radical (unpaired) electrons.